The van der Waals surface area contributed by atoms with E-state index in [-0.39, 0.29) is 5.02 Å². The third-order valence-electron chi connectivity index (χ3n) is 3.04. The lowest BCUT2D eigenvalue weighted by Crippen LogP contribution is -1.98. The Labute approximate surface area is 122 Å². The predicted molar refractivity (Wildman–Crippen MR) is 77.4 cm³/mol. The van der Waals surface area contributed by atoms with Crippen LogP contribution in [-0.4, -0.2) is 5.11 Å². The lowest BCUT2D eigenvalue weighted by atomic mass is 10.1. The molecular formula is C16H16ClFO2. The molecule has 1 N–H and O–H groups in total. The first-order chi connectivity index (χ1) is 9.60. The second-order valence-corrected chi connectivity index (χ2v) is 4.94. The van der Waals surface area contributed by atoms with Crippen molar-refractivity contribution in [2.75, 3.05) is 0 Å². The fourth-order valence-electron chi connectivity index (χ4n) is 1.82. The highest BCUT2D eigenvalue weighted by Gasteiger charge is 2.05. The van der Waals surface area contributed by atoms with Gasteiger partial charge in [-0.1, -0.05) is 36.7 Å². The Kier molecular flexibility index (Phi) is 4.99. The third kappa shape index (κ3) is 3.71. The highest BCUT2D eigenvalue weighted by Crippen LogP contribution is 2.21. The summed E-state index contributed by atoms with van der Waals surface area (Å²) >= 11 is 5.71. The van der Waals surface area contributed by atoms with E-state index in [2.05, 4.69) is 0 Å². The van der Waals surface area contributed by atoms with Gasteiger partial charge in [-0.3, -0.25) is 0 Å². The topological polar surface area (TPSA) is 29.5 Å². The molecule has 2 nitrogen and oxygen atoms in total. The van der Waals surface area contributed by atoms with Crippen molar-refractivity contribution in [2.45, 2.75) is 26.1 Å². The Morgan fingerprint density at radius 2 is 1.90 bits per heavy atom. The van der Waals surface area contributed by atoms with Crippen LogP contribution in [0.4, 0.5) is 4.39 Å². The molecule has 0 aliphatic carbocycles. The van der Waals surface area contributed by atoms with Crippen molar-refractivity contribution < 1.29 is 14.2 Å². The molecule has 0 amide bonds. The van der Waals surface area contributed by atoms with Gasteiger partial charge in [0.05, 0.1) is 11.1 Å². The van der Waals surface area contributed by atoms with E-state index in [4.69, 9.17) is 16.3 Å². The van der Waals surface area contributed by atoms with Crippen molar-refractivity contribution in [1.82, 2.24) is 0 Å². The molecule has 0 heterocycles. The standard InChI is InChI=1S/C16H16ClFO2/c1-2-16(19)12-4-6-13(7-5-12)20-10-11-3-8-15(18)14(17)9-11/h3-9,16,19H,2,10H2,1H3/t16-/m1/s1. The molecule has 2 aromatic rings. The van der Waals surface area contributed by atoms with E-state index in [1.165, 1.54) is 6.07 Å². The zero-order valence-electron chi connectivity index (χ0n) is 11.1. The van der Waals surface area contributed by atoms with Gasteiger partial charge in [0.1, 0.15) is 18.2 Å². The minimum atomic E-state index is -0.444. The Morgan fingerprint density at radius 3 is 2.50 bits per heavy atom. The molecule has 0 saturated heterocycles. The summed E-state index contributed by atoms with van der Waals surface area (Å²) < 4.78 is 18.6. The summed E-state index contributed by atoms with van der Waals surface area (Å²) in [6.07, 6.45) is 0.230. The quantitative estimate of drug-likeness (QED) is 0.879. The number of aliphatic hydroxyl groups excluding tert-OH is 1. The van der Waals surface area contributed by atoms with Crippen molar-refractivity contribution in [1.29, 1.82) is 0 Å². The van der Waals surface area contributed by atoms with Crippen LogP contribution in [0.5, 0.6) is 5.75 Å². The summed E-state index contributed by atoms with van der Waals surface area (Å²) in [5.74, 6) is 0.255. The van der Waals surface area contributed by atoms with E-state index < -0.39 is 11.9 Å². The summed E-state index contributed by atoms with van der Waals surface area (Å²) in [5, 5.41) is 9.78. The van der Waals surface area contributed by atoms with Crippen LogP contribution in [0.2, 0.25) is 5.02 Å². The van der Waals surface area contributed by atoms with Gasteiger partial charge >= 0.3 is 0 Å². The molecule has 2 aromatic carbocycles. The minimum Gasteiger partial charge on any atom is -0.489 e. The molecule has 4 heteroatoms. The summed E-state index contributed by atoms with van der Waals surface area (Å²) in [5.41, 5.74) is 1.67. The fourth-order valence-corrected chi connectivity index (χ4v) is 2.02. The van der Waals surface area contributed by atoms with E-state index in [0.717, 1.165) is 11.1 Å². The van der Waals surface area contributed by atoms with E-state index >= 15 is 0 Å². The number of rotatable bonds is 5. The Balaban J connectivity index is 1.98. The zero-order chi connectivity index (χ0) is 14.5. The van der Waals surface area contributed by atoms with Crippen molar-refractivity contribution in [3.63, 3.8) is 0 Å². The van der Waals surface area contributed by atoms with Gasteiger partial charge in [-0.25, -0.2) is 4.39 Å². The fraction of sp³-hybridized carbons (Fsp3) is 0.250. The number of aliphatic hydroxyl groups is 1. The van der Waals surface area contributed by atoms with Crippen LogP contribution in [0.3, 0.4) is 0 Å². The van der Waals surface area contributed by atoms with E-state index in [0.29, 0.717) is 18.8 Å². The Hall–Kier alpha value is -1.58. The SMILES string of the molecule is CC[C@@H](O)c1ccc(OCc2ccc(F)c(Cl)c2)cc1. The first-order valence-electron chi connectivity index (χ1n) is 6.45. The Bertz CT molecular complexity index is 569. The summed E-state index contributed by atoms with van der Waals surface area (Å²) in [6, 6.07) is 11.8. The molecule has 0 unspecified atom stereocenters. The predicted octanol–water partition coefficient (Wildman–Crippen LogP) is 4.50. The smallest absolute Gasteiger partial charge is 0.141 e. The maximum atomic E-state index is 13.0. The Morgan fingerprint density at radius 1 is 1.20 bits per heavy atom. The van der Waals surface area contributed by atoms with Crippen molar-refractivity contribution in [3.05, 3.63) is 64.4 Å². The molecule has 0 aromatic heterocycles. The van der Waals surface area contributed by atoms with Crippen LogP contribution in [0.15, 0.2) is 42.5 Å². The summed E-state index contributed by atoms with van der Waals surface area (Å²) in [4.78, 5) is 0. The number of benzene rings is 2. The van der Waals surface area contributed by atoms with Gasteiger partial charge in [0.25, 0.3) is 0 Å². The molecular weight excluding hydrogens is 279 g/mol. The van der Waals surface area contributed by atoms with Crippen LogP contribution in [-0.2, 0) is 6.61 Å². The van der Waals surface area contributed by atoms with Crippen LogP contribution in [0.25, 0.3) is 0 Å². The molecule has 0 radical (unpaired) electrons. The average Bonchev–Trinajstić information content (AvgIpc) is 2.48. The van der Waals surface area contributed by atoms with Gasteiger partial charge in [-0.2, -0.15) is 0 Å². The third-order valence-corrected chi connectivity index (χ3v) is 3.33. The van der Waals surface area contributed by atoms with E-state index in [9.17, 15) is 9.50 Å². The summed E-state index contributed by atoms with van der Waals surface area (Å²) in [7, 11) is 0. The van der Waals surface area contributed by atoms with Gasteiger partial charge in [-0.05, 0) is 41.8 Å². The highest BCUT2D eigenvalue weighted by atomic mass is 35.5. The molecule has 20 heavy (non-hydrogen) atoms. The molecule has 0 aliphatic heterocycles. The average molecular weight is 295 g/mol. The molecule has 0 bridgehead atoms. The second kappa shape index (κ2) is 6.73. The van der Waals surface area contributed by atoms with E-state index in [1.807, 2.05) is 19.1 Å². The van der Waals surface area contributed by atoms with Gasteiger partial charge in [0.2, 0.25) is 0 Å². The zero-order valence-corrected chi connectivity index (χ0v) is 11.9. The monoisotopic (exact) mass is 294 g/mol. The van der Waals surface area contributed by atoms with Gasteiger partial charge in [0.15, 0.2) is 0 Å². The number of halogens is 2. The number of ether oxygens (including phenoxy) is 1. The maximum Gasteiger partial charge on any atom is 0.141 e. The van der Waals surface area contributed by atoms with E-state index in [1.54, 1.807) is 24.3 Å². The molecule has 0 aliphatic rings. The second-order valence-electron chi connectivity index (χ2n) is 4.53. The molecule has 0 spiro atoms. The molecule has 0 fully saturated rings. The van der Waals surface area contributed by atoms with Crippen LogP contribution in [0, 0.1) is 5.82 Å². The van der Waals surface area contributed by atoms with Crippen molar-refractivity contribution >= 4 is 11.6 Å². The minimum absolute atomic E-state index is 0.0903. The van der Waals surface area contributed by atoms with Crippen molar-refractivity contribution in [3.8, 4) is 5.75 Å². The molecule has 0 saturated carbocycles. The van der Waals surface area contributed by atoms with Crippen LogP contribution < -0.4 is 4.74 Å². The summed E-state index contributed by atoms with van der Waals surface area (Å²) in [6.45, 7) is 2.24. The first kappa shape index (κ1) is 14.8. The largest absolute Gasteiger partial charge is 0.489 e. The highest BCUT2D eigenvalue weighted by molar-refractivity contribution is 6.30. The number of hydrogen-bond donors (Lipinski definition) is 1. The lowest BCUT2D eigenvalue weighted by Gasteiger charge is -2.10. The van der Waals surface area contributed by atoms with Crippen LogP contribution >= 0.6 is 11.6 Å². The molecule has 1 atom stereocenters. The first-order valence-corrected chi connectivity index (χ1v) is 6.82. The van der Waals surface area contributed by atoms with Gasteiger partial charge in [-0.15, -0.1) is 0 Å². The molecule has 2 rings (SSSR count). The normalized spacial score (nSPS) is 12.2. The van der Waals surface area contributed by atoms with Gasteiger partial charge in [0, 0.05) is 0 Å². The maximum absolute atomic E-state index is 13.0. The lowest BCUT2D eigenvalue weighted by molar-refractivity contribution is 0.173. The van der Waals surface area contributed by atoms with Crippen molar-refractivity contribution in [2.24, 2.45) is 0 Å². The molecule has 106 valence electrons. The van der Waals surface area contributed by atoms with Gasteiger partial charge < -0.3 is 9.84 Å². The number of hydrogen-bond acceptors (Lipinski definition) is 2. The van der Waals surface area contributed by atoms with Crippen LogP contribution in [0.1, 0.15) is 30.6 Å².